The summed E-state index contributed by atoms with van der Waals surface area (Å²) < 4.78 is 38.4. The highest BCUT2D eigenvalue weighted by Gasteiger charge is 2.30. The zero-order valence-electron chi connectivity index (χ0n) is 12.9. The molecular weight excluding hydrogens is 317 g/mol. The summed E-state index contributed by atoms with van der Waals surface area (Å²) in [6, 6.07) is 7.52. The van der Waals surface area contributed by atoms with E-state index in [0.29, 0.717) is 24.7 Å². The second-order valence-electron chi connectivity index (χ2n) is 6.31. The van der Waals surface area contributed by atoms with Gasteiger partial charge in [-0.2, -0.15) is 18.3 Å². The van der Waals surface area contributed by atoms with Gasteiger partial charge in [0.05, 0.1) is 12.2 Å². The molecule has 4 nitrogen and oxygen atoms in total. The maximum atomic E-state index is 12.8. The molecule has 24 heavy (non-hydrogen) atoms. The van der Waals surface area contributed by atoms with Gasteiger partial charge in [0.15, 0.2) is 5.82 Å². The molecule has 0 spiro atoms. The zero-order chi connectivity index (χ0) is 16.7. The number of benzene rings is 1. The van der Waals surface area contributed by atoms with Crippen molar-refractivity contribution in [2.75, 3.05) is 11.6 Å². The highest BCUT2D eigenvalue weighted by Crippen LogP contribution is 2.40. The van der Waals surface area contributed by atoms with Crippen molar-refractivity contribution in [3.63, 3.8) is 0 Å². The van der Waals surface area contributed by atoms with Crippen molar-refractivity contribution in [3.05, 3.63) is 59.6 Å². The Hall–Kier alpha value is -2.44. The molecule has 0 radical (unpaired) electrons. The average molecular weight is 334 g/mol. The summed E-state index contributed by atoms with van der Waals surface area (Å²) in [5, 5.41) is 7.39. The Labute approximate surface area is 137 Å². The van der Waals surface area contributed by atoms with Crippen LogP contribution in [0.25, 0.3) is 0 Å². The molecule has 0 amide bonds. The quantitative estimate of drug-likeness (QED) is 0.916. The molecule has 1 aliphatic heterocycles. The van der Waals surface area contributed by atoms with E-state index < -0.39 is 11.7 Å². The van der Waals surface area contributed by atoms with Crippen LogP contribution in [0.3, 0.4) is 0 Å². The van der Waals surface area contributed by atoms with Gasteiger partial charge in [0.25, 0.3) is 0 Å². The normalized spacial score (nSPS) is 17.8. The molecule has 2 aliphatic rings. The van der Waals surface area contributed by atoms with Crippen LogP contribution in [0, 0.1) is 0 Å². The van der Waals surface area contributed by atoms with Crippen LogP contribution in [0.1, 0.15) is 35.6 Å². The fourth-order valence-corrected chi connectivity index (χ4v) is 2.87. The number of alkyl halides is 3. The lowest BCUT2D eigenvalue weighted by Gasteiger charge is -2.20. The number of nitrogens with one attached hydrogen (secondary N) is 1. The standard InChI is InChI=1S/C17H17F3N4/c18-17(19,20)14-3-1-2-12(8-14)10-23-6-7-24(11-23)16-9-15(21-22-16)13-4-5-13/h1-3,6-9,13H,4-5,10-11H2,(H,21,22). The molecule has 1 saturated carbocycles. The first-order valence-corrected chi connectivity index (χ1v) is 7.89. The summed E-state index contributed by atoms with van der Waals surface area (Å²) in [5.74, 6) is 1.46. The van der Waals surface area contributed by atoms with Crippen LogP contribution >= 0.6 is 0 Å². The molecular formula is C17H17F3N4. The summed E-state index contributed by atoms with van der Waals surface area (Å²) >= 11 is 0. The molecule has 1 aromatic carbocycles. The van der Waals surface area contributed by atoms with Crippen LogP contribution < -0.4 is 4.90 Å². The van der Waals surface area contributed by atoms with Crippen molar-refractivity contribution >= 4 is 5.82 Å². The van der Waals surface area contributed by atoms with Crippen LogP contribution in [0.2, 0.25) is 0 Å². The van der Waals surface area contributed by atoms with Gasteiger partial charge in [-0.15, -0.1) is 0 Å². The number of halogens is 3. The van der Waals surface area contributed by atoms with Gasteiger partial charge in [0.1, 0.15) is 0 Å². The Morgan fingerprint density at radius 2 is 2.00 bits per heavy atom. The lowest BCUT2D eigenvalue weighted by molar-refractivity contribution is -0.137. The van der Waals surface area contributed by atoms with Gasteiger partial charge in [0, 0.05) is 36.6 Å². The van der Waals surface area contributed by atoms with Gasteiger partial charge in [-0.3, -0.25) is 5.10 Å². The molecule has 7 heteroatoms. The fourth-order valence-electron chi connectivity index (χ4n) is 2.87. The van der Waals surface area contributed by atoms with Crippen molar-refractivity contribution in [1.29, 1.82) is 0 Å². The smallest absolute Gasteiger partial charge is 0.354 e. The number of anilines is 1. The summed E-state index contributed by atoms with van der Waals surface area (Å²) in [6.45, 7) is 1.00. The molecule has 1 aromatic heterocycles. The van der Waals surface area contributed by atoms with Crippen molar-refractivity contribution in [2.24, 2.45) is 0 Å². The van der Waals surface area contributed by atoms with E-state index in [1.165, 1.54) is 25.0 Å². The molecule has 1 N–H and O–H groups in total. The summed E-state index contributed by atoms with van der Waals surface area (Å²) in [4.78, 5) is 3.94. The van der Waals surface area contributed by atoms with E-state index in [0.717, 1.165) is 17.6 Å². The number of aromatic nitrogens is 2. The molecule has 1 aliphatic carbocycles. The maximum absolute atomic E-state index is 12.8. The number of nitrogens with zero attached hydrogens (tertiary/aromatic N) is 3. The van der Waals surface area contributed by atoms with Crippen LogP contribution in [-0.2, 0) is 12.7 Å². The Bertz CT molecular complexity index is 761. The summed E-state index contributed by atoms with van der Waals surface area (Å²) in [6.07, 6.45) is 1.89. The molecule has 2 aromatic rings. The molecule has 0 unspecified atom stereocenters. The largest absolute Gasteiger partial charge is 0.416 e. The Morgan fingerprint density at radius 3 is 2.75 bits per heavy atom. The van der Waals surface area contributed by atoms with Crippen molar-refractivity contribution in [2.45, 2.75) is 31.5 Å². The van der Waals surface area contributed by atoms with E-state index in [1.54, 1.807) is 6.07 Å². The minimum Gasteiger partial charge on any atom is -0.354 e. The molecule has 0 atom stereocenters. The molecule has 1 fully saturated rings. The zero-order valence-corrected chi connectivity index (χ0v) is 12.9. The predicted molar refractivity (Wildman–Crippen MR) is 84.0 cm³/mol. The first-order valence-electron chi connectivity index (χ1n) is 7.89. The van der Waals surface area contributed by atoms with Gasteiger partial charge < -0.3 is 9.80 Å². The Kier molecular flexibility index (Phi) is 3.51. The van der Waals surface area contributed by atoms with Gasteiger partial charge in [-0.05, 0) is 30.5 Å². The predicted octanol–water partition coefficient (Wildman–Crippen LogP) is 4.06. The number of H-pyrrole nitrogens is 1. The SMILES string of the molecule is FC(F)(F)c1cccc(CN2C=CN(c3cc(C4CC4)[nH]n3)C2)c1. The highest BCUT2D eigenvalue weighted by atomic mass is 19.4. The topological polar surface area (TPSA) is 35.2 Å². The third-order valence-corrected chi connectivity index (χ3v) is 4.33. The van der Waals surface area contributed by atoms with Crippen molar-refractivity contribution in [1.82, 2.24) is 15.1 Å². The fraction of sp³-hybridized carbons (Fsp3) is 0.353. The molecule has 0 saturated heterocycles. The Morgan fingerprint density at radius 1 is 1.17 bits per heavy atom. The summed E-state index contributed by atoms with van der Waals surface area (Å²) in [7, 11) is 0. The minimum atomic E-state index is -4.31. The first-order chi connectivity index (χ1) is 11.5. The summed E-state index contributed by atoms with van der Waals surface area (Å²) in [5.41, 5.74) is 1.19. The van der Waals surface area contributed by atoms with Crippen molar-refractivity contribution < 1.29 is 13.2 Å². The Balaban J connectivity index is 1.41. The van der Waals surface area contributed by atoms with E-state index in [1.807, 2.05) is 22.2 Å². The van der Waals surface area contributed by atoms with Crippen molar-refractivity contribution in [3.8, 4) is 0 Å². The number of rotatable bonds is 4. The highest BCUT2D eigenvalue weighted by molar-refractivity contribution is 5.45. The van der Waals surface area contributed by atoms with Gasteiger partial charge >= 0.3 is 6.18 Å². The third-order valence-electron chi connectivity index (χ3n) is 4.33. The monoisotopic (exact) mass is 334 g/mol. The second-order valence-corrected chi connectivity index (χ2v) is 6.31. The van der Waals surface area contributed by atoms with Crippen LogP contribution in [0.5, 0.6) is 0 Å². The number of aromatic amines is 1. The van der Waals surface area contributed by atoms with Gasteiger partial charge in [-0.1, -0.05) is 12.1 Å². The van der Waals surface area contributed by atoms with E-state index in [4.69, 9.17) is 0 Å². The van der Waals surface area contributed by atoms with E-state index >= 15 is 0 Å². The van der Waals surface area contributed by atoms with Crippen LogP contribution in [0.4, 0.5) is 19.0 Å². The van der Waals surface area contributed by atoms with Gasteiger partial charge in [0.2, 0.25) is 0 Å². The third kappa shape index (κ3) is 3.11. The maximum Gasteiger partial charge on any atom is 0.416 e. The second kappa shape index (κ2) is 5.58. The number of hydrogen-bond donors (Lipinski definition) is 1. The molecule has 2 heterocycles. The van der Waals surface area contributed by atoms with Crippen LogP contribution in [-0.4, -0.2) is 21.8 Å². The van der Waals surface area contributed by atoms with E-state index in [-0.39, 0.29) is 0 Å². The lowest BCUT2D eigenvalue weighted by Crippen LogP contribution is -2.25. The lowest BCUT2D eigenvalue weighted by atomic mass is 10.1. The molecule has 126 valence electrons. The molecule has 0 bridgehead atoms. The first kappa shape index (κ1) is 15.1. The average Bonchev–Trinajstić information content (AvgIpc) is 3.08. The molecule has 4 rings (SSSR count). The van der Waals surface area contributed by atoms with Gasteiger partial charge in [-0.25, -0.2) is 0 Å². The number of hydrogen-bond acceptors (Lipinski definition) is 3. The van der Waals surface area contributed by atoms with Crippen LogP contribution in [0.15, 0.2) is 42.7 Å². The van der Waals surface area contributed by atoms with E-state index in [9.17, 15) is 13.2 Å². The van der Waals surface area contributed by atoms with E-state index in [2.05, 4.69) is 16.3 Å². The minimum absolute atomic E-state index is 0.427.